The number of esters is 1. The van der Waals surface area contributed by atoms with Gasteiger partial charge in [0.1, 0.15) is 0 Å². The maximum atomic E-state index is 12.8. The quantitative estimate of drug-likeness (QED) is 0.787. The Morgan fingerprint density at radius 1 is 1.00 bits per heavy atom. The number of sulfonamides is 1. The molecule has 0 heterocycles. The Labute approximate surface area is 155 Å². The van der Waals surface area contributed by atoms with Gasteiger partial charge in [0.05, 0.1) is 17.6 Å². The fourth-order valence-electron chi connectivity index (χ4n) is 2.91. The van der Waals surface area contributed by atoms with E-state index in [0.717, 1.165) is 27.8 Å². The summed E-state index contributed by atoms with van der Waals surface area (Å²) in [5, 5.41) is 0. The second-order valence-corrected chi connectivity index (χ2v) is 8.13. The summed E-state index contributed by atoms with van der Waals surface area (Å²) in [4.78, 5) is 11.8. The number of methoxy groups -OCH3 is 1. The number of carbonyl (C=O) groups excluding carboxylic acids is 1. The third-order valence-electron chi connectivity index (χ3n) is 4.65. The topological polar surface area (TPSA) is 72.5 Å². The normalized spacial score (nSPS) is 11.4. The van der Waals surface area contributed by atoms with Crippen molar-refractivity contribution in [2.75, 3.05) is 13.7 Å². The molecular formula is C20H25NO4S. The lowest BCUT2D eigenvalue weighted by atomic mass is 10.0. The number of rotatable bonds is 6. The lowest BCUT2D eigenvalue weighted by Crippen LogP contribution is -2.27. The molecule has 0 saturated carbocycles. The third-order valence-corrected chi connectivity index (χ3v) is 6.38. The first-order chi connectivity index (χ1) is 12.2. The number of hydrogen-bond donors (Lipinski definition) is 1. The van der Waals surface area contributed by atoms with Crippen LogP contribution in [0.5, 0.6) is 0 Å². The van der Waals surface area contributed by atoms with E-state index < -0.39 is 16.0 Å². The first kappa shape index (κ1) is 20.1. The number of ether oxygens (including phenoxy) is 1. The van der Waals surface area contributed by atoms with Gasteiger partial charge in [-0.25, -0.2) is 17.9 Å². The number of carbonyl (C=O) groups is 1. The van der Waals surface area contributed by atoms with E-state index in [2.05, 4.69) is 9.46 Å². The molecule has 0 spiro atoms. The highest BCUT2D eigenvalue weighted by molar-refractivity contribution is 7.89. The van der Waals surface area contributed by atoms with Crippen molar-refractivity contribution in [3.63, 3.8) is 0 Å². The standard InChI is InChI=1S/C20H25NO4S/c1-13-12-14(2)16(4)19(15(13)3)26(23,24)21-11-10-17-6-8-18(9-7-17)20(22)25-5/h6-9,12,21H,10-11H2,1-5H3. The zero-order chi connectivity index (χ0) is 19.5. The molecule has 0 bridgehead atoms. The Balaban J connectivity index is 2.11. The predicted molar refractivity (Wildman–Crippen MR) is 102 cm³/mol. The van der Waals surface area contributed by atoms with Crippen LogP contribution in [-0.2, 0) is 21.2 Å². The minimum absolute atomic E-state index is 0.284. The highest BCUT2D eigenvalue weighted by Gasteiger charge is 2.21. The van der Waals surface area contributed by atoms with Crippen LogP contribution in [-0.4, -0.2) is 28.0 Å². The van der Waals surface area contributed by atoms with Gasteiger partial charge in [0, 0.05) is 6.54 Å². The van der Waals surface area contributed by atoms with E-state index >= 15 is 0 Å². The molecule has 2 aromatic rings. The van der Waals surface area contributed by atoms with Crippen molar-refractivity contribution in [1.82, 2.24) is 4.72 Å². The van der Waals surface area contributed by atoms with Crippen molar-refractivity contribution < 1.29 is 17.9 Å². The van der Waals surface area contributed by atoms with Gasteiger partial charge in [-0.05, 0) is 74.1 Å². The lowest BCUT2D eigenvalue weighted by molar-refractivity contribution is 0.0600. The molecule has 0 aliphatic carbocycles. The number of aryl methyl sites for hydroxylation is 2. The lowest BCUT2D eigenvalue weighted by Gasteiger charge is -2.16. The summed E-state index contributed by atoms with van der Waals surface area (Å²) in [6.45, 7) is 7.79. The molecule has 0 radical (unpaired) electrons. The van der Waals surface area contributed by atoms with E-state index in [1.165, 1.54) is 7.11 Å². The maximum Gasteiger partial charge on any atom is 0.337 e. The molecule has 26 heavy (non-hydrogen) atoms. The van der Waals surface area contributed by atoms with E-state index in [1.807, 2.05) is 33.8 Å². The summed E-state index contributed by atoms with van der Waals surface area (Å²) in [5.41, 5.74) is 4.90. The van der Waals surface area contributed by atoms with Gasteiger partial charge in [0.2, 0.25) is 10.0 Å². The SMILES string of the molecule is COC(=O)c1ccc(CCNS(=O)(=O)c2c(C)c(C)cc(C)c2C)cc1. The van der Waals surface area contributed by atoms with Gasteiger partial charge in [0.25, 0.3) is 0 Å². The minimum Gasteiger partial charge on any atom is -0.465 e. The fourth-order valence-corrected chi connectivity index (χ4v) is 4.55. The van der Waals surface area contributed by atoms with Crippen molar-refractivity contribution in [2.24, 2.45) is 0 Å². The molecule has 0 unspecified atom stereocenters. The van der Waals surface area contributed by atoms with Crippen LogP contribution in [0.15, 0.2) is 35.2 Å². The van der Waals surface area contributed by atoms with E-state index in [-0.39, 0.29) is 6.54 Å². The zero-order valence-corrected chi connectivity index (χ0v) is 16.7. The summed E-state index contributed by atoms with van der Waals surface area (Å²) < 4.78 is 32.9. The Morgan fingerprint density at radius 3 is 2.04 bits per heavy atom. The summed E-state index contributed by atoms with van der Waals surface area (Å²) in [6, 6.07) is 8.95. The van der Waals surface area contributed by atoms with Crippen molar-refractivity contribution in [1.29, 1.82) is 0 Å². The van der Waals surface area contributed by atoms with Crippen LogP contribution < -0.4 is 4.72 Å². The van der Waals surface area contributed by atoms with Crippen LogP contribution in [0.25, 0.3) is 0 Å². The van der Waals surface area contributed by atoms with Crippen LogP contribution >= 0.6 is 0 Å². The molecule has 0 aliphatic heterocycles. The molecule has 140 valence electrons. The third kappa shape index (κ3) is 4.31. The Morgan fingerprint density at radius 2 is 1.54 bits per heavy atom. The Kier molecular flexibility index (Phi) is 6.21. The maximum absolute atomic E-state index is 12.8. The molecule has 0 fully saturated rings. The van der Waals surface area contributed by atoms with Crippen LogP contribution in [0.4, 0.5) is 0 Å². The van der Waals surface area contributed by atoms with E-state index in [4.69, 9.17) is 0 Å². The summed E-state index contributed by atoms with van der Waals surface area (Å²) >= 11 is 0. The Hall–Kier alpha value is -2.18. The summed E-state index contributed by atoms with van der Waals surface area (Å²) in [7, 11) is -2.25. The van der Waals surface area contributed by atoms with Crippen LogP contribution in [0.3, 0.4) is 0 Å². The average Bonchev–Trinajstić information content (AvgIpc) is 2.60. The summed E-state index contributed by atoms with van der Waals surface area (Å²) in [6.07, 6.45) is 0.531. The largest absolute Gasteiger partial charge is 0.465 e. The molecule has 1 N–H and O–H groups in total. The monoisotopic (exact) mass is 375 g/mol. The first-order valence-corrected chi connectivity index (χ1v) is 9.90. The fraction of sp³-hybridized carbons (Fsp3) is 0.350. The van der Waals surface area contributed by atoms with E-state index in [0.29, 0.717) is 16.9 Å². The Bertz CT molecular complexity index is 890. The molecule has 2 rings (SSSR count). The average molecular weight is 375 g/mol. The molecule has 0 amide bonds. The van der Waals surface area contributed by atoms with E-state index in [1.54, 1.807) is 24.3 Å². The molecular weight excluding hydrogens is 350 g/mol. The van der Waals surface area contributed by atoms with Gasteiger partial charge in [-0.1, -0.05) is 18.2 Å². The number of nitrogens with one attached hydrogen (secondary N) is 1. The van der Waals surface area contributed by atoms with Gasteiger partial charge in [0.15, 0.2) is 0 Å². The van der Waals surface area contributed by atoms with Crippen LogP contribution in [0.1, 0.15) is 38.2 Å². The van der Waals surface area contributed by atoms with Gasteiger partial charge in [-0.15, -0.1) is 0 Å². The predicted octanol–water partition coefficient (Wildman–Crippen LogP) is 3.23. The van der Waals surface area contributed by atoms with E-state index in [9.17, 15) is 13.2 Å². The minimum atomic E-state index is -3.59. The highest BCUT2D eigenvalue weighted by atomic mass is 32.2. The highest BCUT2D eigenvalue weighted by Crippen LogP contribution is 2.25. The van der Waals surface area contributed by atoms with Crippen molar-refractivity contribution >= 4 is 16.0 Å². The summed E-state index contributed by atoms with van der Waals surface area (Å²) in [5.74, 6) is -0.391. The second kappa shape index (κ2) is 8.01. The van der Waals surface area contributed by atoms with Crippen molar-refractivity contribution in [3.8, 4) is 0 Å². The van der Waals surface area contributed by atoms with Gasteiger partial charge in [-0.2, -0.15) is 0 Å². The first-order valence-electron chi connectivity index (χ1n) is 8.41. The second-order valence-electron chi connectivity index (χ2n) is 6.43. The number of hydrogen-bond acceptors (Lipinski definition) is 4. The number of benzene rings is 2. The molecule has 6 heteroatoms. The molecule has 2 aromatic carbocycles. The molecule has 5 nitrogen and oxygen atoms in total. The van der Waals surface area contributed by atoms with Crippen LogP contribution in [0, 0.1) is 27.7 Å². The molecule has 0 aromatic heterocycles. The van der Waals surface area contributed by atoms with Crippen molar-refractivity contribution in [2.45, 2.75) is 39.0 Å². The van der Waals surface area contributed by atoms with Gasteiger partial charge < -0.3 is 4.74 Å². The van der Waals surface area contributed by atoms with Crippen LogP contribution in [0.2, 0.25) is 0 Å². The van der Waals surface area contributed by atoms with Gasteiger partial charge >= 0.3 is 5.97 Å². The van der Waals surface area contributed by atoms with Crippen molar-refractivity contribution in [3.05, 3.63) is 63.7 Å². The molecule has 0 atom stereocenters. The smallest absolute Gasteiger partial charge is 0.337 e. The zero-order valence-electron chi connectivity index (χ0n) is 15.8. The van der Waals surface area contributed by atoms with Gasteiger partial charge in [-0.3, -0.25) is 0 Å². The molecule has 0 saturated heterocycles. The molecule has 0 aliphatic rings.